The van der Waals surface area contributed by atoms with Crippen LogP contribution in [0.1, 0.15) is 19.8 Å². The number of nitrogens with zero attached hydrogens (tertiary/aromatic N) is 2. The van der Waals surface area contributed by atoms with Crippen molar-refractivity contribution in [1.29, 1.82) is 0 Å². The van der Waals surface area contributed by atoms with E-state index in [9.17, 15) is 8.42 Å². The lowest BCUT2D eigenvalue weighted by molar-refractivity contribution is 0.0622. The molecule has 1 aromatic heterocycles. The van der Waals surface area contributed by atoms with Gasteiger partial charge >= 0.3 is 0 Å². The van der Waals surface area contributed by atoms with Crippen molar-refractivity contribution in [2.75, 3.05) is 24.8 Å². The molecular formula is C17H23N3O3S. The molecule has 0 bridgehead atoms. The van der Waals surface area contributed by atoms with Crippen LogP contribution < -0.4 is 5.32 Å². The Morgan fingerprint density at radius 1 is 1.29 bits per heavy atom. The Labute approximate surface area is 142 Å². The maximum absolute atomic E-state index is 11.9. The highest BCUT2D eigenvalue weighted by Gasteiger charge is 2.21. The first-order chi connectivity index (χ1) is 11.4. The lowest BCUT2D eigenvalue weighted by Gasteiger charge is -2.28. The van der Waals surface area contributed by atoms with Crippen LogP contribution in [0.25, 0.3) is 5.69 Å². The zero-order valence-electron chi connectivity index (χ0n) is 14.0. The van der Waals surface area contributed by atoms with Crippen LogP contribution in [0.2, 0.25) is 0 Å². The van der Waals surface area contributed by atoms with Gasteiger partial charge in [0, 0.05) is 25.5 Å². The van der Waals surface area contributed by atoms with Crippen molar-refractivity contribution < 1.29 is 13.2 Å². The summed E-state index contributed by atoms with van der Waals surface area (Å²) in [7, 11) is -3.31. The van der Waals surface area contributed by atoms with Gasteiger partial charge in [0.05, 0.1) is 28.7 Å². The summed E-state index contributed by atoms with van der Waals surface area (Å²) in [5.74, 6) is 0.574. The molecule has 130 valence electrons. The van der Waals surface area contributed by atoms with Crippen molar-refractivity contribution in [3.05, 3.63) is 36.7 Å². The van der Waals surface area contributed by atoms with Gasteiger partial charge in [0.2, 0.25) is 0 Å². The van der Waals surface area contributed by atoms with Crippen molar-refractivity contribution in [2.45, 2.75) is 30.7 Å². The van der Waals surface area contributed by atoms with Crippen LogP contribution in [-0.2, 0) is 14.6 Å². The Balaban J connectivity index is 1.79. The summed E-state index contributed by atoms with van der Waals surface area (Å²) in [6, 6.07) is 7.20. The Morgan fingerprint density at radius 3 is 2.71 bits per heavy atom. The fraction of sp³-hybridized carbons (Fsp3) is 0.471. The third-order valence-corrected chi connectivity index (χ3v) is 5.61. The molecule has 3 rings (SSSR count). The highest BCUT2D eigenvalue weighted by atomic mass is 32.2. The molecule has 1 N–H and O–H groups in total. The predicted octanol–water partition coefficient (Wildman–Crippen LogP) is 2.50. The number of aromatic nitrogens is 2. The van der Waals surface area contributed by atoms with E-state index >= 15 is 0 Å². The van der Waals surface area contributed by atoms with E-state index < -0.39 is 9.84 Å². The second-order valence-electron chi connectivity index (χ2n) is 6.30. The number of nitrogens with one attached hydrogen (secondary N) is 1. The van der Waals surface area contributed by atoms with Crippen molar-refractivity contribution in [1.82, 2.24) is 9.78 Å². The molecule has 2 aromatic rings. The van der Waals surface area contributed by atoms with E-state index in [1.165, 1.54) is 6.26 Å². The predicted molar refractivity (Wildman–Crippen MR) is 93.3 cm³/mol. The number of ether oxygens (including phenoxy) is 1. The molecule has 0 aliphatic carbocycles. The molecule has 1 saturated heterocycles. The van der Waals surface area contributed by atoms with Crippen molar-refractivity contribution in [3.63, 3.8) is 0 Å². The normalized spacial score (nSPS) is 17.6. The van der Waals surface area contributed by atoms with Gasteiger partial charge in [-0.15, -0.1) is 0 Å². The first-order valence-electron chi connectivity index (χ1n) is 8.13. The second-order valence-corrected chi connectivity index (χ2v) is 8.28. The summed E-state index contributed by atoms with van der Waals surface area (Å²) >= 11 is 0. The van der Waals surface area contributed by atoms with Gasteiger partial charge in [-0.2, -0.15) is 5.10 Å². The van der Waals surface area contributed by atoms with Crippen molar-refractivity contribution >= 4 is 15.5 Å². The summed E-state index contributed by atoms with van der Waals surface area (Å²) in [6.45, 7) is 3.80. The average molecular weight is 349 g/mol. The van der Waals surface area contributed by atoms with Gasteiger partial charge in [-0.25, -0.2) is 13.1 Å². The fourth-order valence-electron chi connectivity index (χ4n) is 3.09. The molecule has 1 atom stereocenters. The van der Waals surface area contributed by atoms with Crippen LogP contribution in [0, 0.1) is 5.92 Å². The molecule has 1 aromatic carbocycles. The molecule has 0 spiro atoms. The van der Waals surface area contributed by atoms with Gasteiger partial charge in [0.25, 0.3) is 0 Å². The third-order valence-electron chi connectivity index (χ3n) is 4.46. The highest BCUT2D eigenvalue weighted by molar-refractivity contribution is 7.90. The summed E-state index contributed by atoms with van der Waals surface area (Å²) in [4.78, 5) is 0.275. The fourth-order valence-corrected chi connectivity index (χ4v) is 3.95. The highest BCUT2D eigenvalue weighted by Crippen LogP contribution is 2.24. The van der Waals surface area contributed by atoms with Gasteiger partial charge in [0.15, 0.2) is 9.84 Å². The van der Waals surface area contributed by atoms with E-state index in [1.54, 1.807) is 29.1 Å². The Morgan fingerprint density at radius 2 is 2.00 bits per heavy atom. The molecule has 0 radical (unpaired) electrons. The van der Waals surface area contributed by atoms with E-state index in [-0.39, 0.29) is 4.90 Å². The molecule has 0 saturated carbocycles. The van der Waals surface area contributed by atoms with Gasteiger partial charge in [-0.3, -0.25) is 0 Å². The molecule has 0 amide bonds. The number of rotatable bonds is 5. The van der Waals surface area contributed by atoms with Crippen LogP contribution in [0.5, 0.6) is 0 Å². The summed E-state index contributed by atoms with van der Waals surface area (Å²) in [5, 5.41) is 7.80. The molecule has 2 heterocycles. The molecule has 1 fully saturated rings. The first kappa shape index (κ1) is 17.0. The number of anilines is 1. The maximum atomic E-state index is 11.9. The second kappa shape index (κ2) is 6.94. The molecule has 1 aliphatic rings. The number of benzene rings is 1. The third kappa shape index (κ3) is 3.79. The van der Waals surface area contributed by atoms with E-state index in [0.29, 0.717) is 17.6 Å². The van der Waals surface area contributed by atoms with Gasteiger partial charge in [-0.05, 0) is 37.8 Å². The molecule has 1 aliphatic heterocycles. The average Bonchev–Trinajstić information content (AvgIpc) is 3.03. The SMILES string of the molecule is CC(Nc1cnn(-c2ccccc2S(C)(=O)=O)c1)C1CCOCC1. The lowest BCUT2D eigenvalue weighted by Crippen LogP contribution is -2.30. The number of sulfone groups is 1. The monoisotopic (exact) mass is 349 g/mol. The minimum Gasteiger partial charge on any atom is -0.381 e. The minimum absolute atomic E-state index is 0.275. The van der Waals surface area contributed by atoms with Crippen molar-refractivity contribution in [2.24, 2.45) is 5.92 Å². The minimum atomic E-state index is -3.31. The summed E-state index contributed by atoms with van der Waals surface area (Å²) in [5.41, 5.74) is 1.45. The van der Waals surface area contributed by atoms with E-state index in [4.69, 9.17) is 4.74 Å². The number of hydrogen-bond donors (Lipinski definition) is 1. The Bertz CT molecular complexity index is 795. The standard InChI is InChI=1S/C17H23N3O3S/c1-13(14-7-9-23-10-8-14)19-15-11-18-20(12-15)16-5-3-4-6-17(16)24(2,21)22/h3-6,11-14,19H,7-10H2,1-2H3. The molecule has 6 nitrogen and oxygen atoms in total. The lowest BCUT2D eigenvalue weighted by atomic mass is 9.93. The van der Waals surface area contributed by atoms with Crippen LogP contribution >= 0.6 is 0 Å². The first-order valence-corrected chi connectivity index (χ1v) is 10.0. The smallest absolute Gasteiger partial charge is 0.177 e. The largest absolute Gasteiger partial charge is 0.381 e. The van der Waals surface area contributed by atoms with E-state index in [0.717, 1.165) is 31.7 Å². The maximum Gasteiger partial charge on any atom is 0.177 e. The van der Waals surface area contributed by atoms with E-state index in [2.05, 4.69) is 17.3 Å². The quantitative estimate of drug-likeness (QED) is 0.898. The summed E-state index contributed by atoms with van der Waals surface area (Å²) in [6.07, 6.45) is 6.88. The molecule has 1 unspecified atom stereocenters. The zero-order valence-corrected chi connectivity index (χ0v) is 14.8. The Kier molecular flexibility index (Phi) is 4.91. The zero-order chi connectivity index (χ0) is 17.2. The molecule has 24 heavy (non-hydrogen) atoms. The Hall–Kier alpha value is -1.86. The van der Waals surface area contributed by atoms with E-state index in [1.807, 2.05) is 12.3 Å². The number of hydrogen-bond acceptors (Lipinski definition) is 5. The molecule has 7 heteroatoms. The van der Waals surface area contributed by atoms with Crippen LogP contribution in [0.3, 0.4) is 0 Å². The van der Waals surface area contributed by atoms with Gasteiger partial charge < -0.3 is 10.1 Å². The molecular weight excluding hydrogens is 326 g/mol. The van der Waals surface area contributed by atoms with Gasteiger partial charge in [0.1, 0.15) is 0 Å². The topological polar surface area (TPSA) is 73.2 Å². The summed E-state index contributed by atoms with van der Waals surface area (Å²) < 4.78 is 30.9. The number of para-hydroxylation sites is 1. The van der Waals surface area contributed by atoms with Crippen LogP contribution in [0.4, 0.5) is 5.69 Å². The van der Waals surface area contributed by atoms with Crippen LogP contribution in [0.15, 0.2) is 41.6 Å². The van der Waals surface area contributed by atoms with Gasteiger partial charge in [-0.1, -0.05) is 12.1 Å². The van der Waals surface area contributed by atoms with Crippen LogP contribution in [-0.4, -0.2) is 43.7 Å². The van der Waals surface area contributed by atoms with Crippen molar-refractivity contribution in [3.8, 4) is 5.69 Å².